The smallest absolute Gasteiger partial charge is 0.339 e. The highest BCUT2D eigenvalue weighted by Crippen LogP contribution is 2.53. The summed E-state index contributed by atoms with van der Waals surface area (Å²) in [6.45, 7) is 3.86. The molecule has 122 valence electrons. The summed E-state index contributed by atoms with van der Waals surface area (Å²) in [5.41, 5.74) is -2.20. The molecule has 0 bridgehead atoms. The molecule has 0 spiro atoms. The van der Waals surface area contributed by atoms with Crippen LogP contribution in [0.3, 0.4) is 0 Å². The lowest BCUT2D eigenvalue weighted by molar-refractivity contribution is -0.238. The summed E-state index contributed by atoms with van der Waals surface area (Å²) in [5.74, 6) is -1.13. The molecule has 0 saturated carbocycles. The molecule has 2 saturated heterocycles. The summed E-state index contributed by atoms with van der Waals surface area (Å²) in [6.07, 6.45) is 8.48. The van der Waals surface area contributed by atoms with Gasteiger partial charge in [-0.2, -0.15) is 0 Å². The number of rotatable bonds is 5. The van der Waals surface area contributed by atoms with Gasteiger partial charge < -0.3 is 15.2 Å². The third-order valence-corrected chi connectivity index (χ3v) is 5.70. The van der Waals surface area contributed by atoms with E-state index in [0.29, 0.717) is 6.42 Å². The molecular formula is C17H25NO4. The minimum absolute atomic E-state index is 0.105. The maximum Gasteiger partial charge on any atom is 0.339 e. The van der Waals surface area contributed by atoms with Gasteiger partial charge in [0.1, 0.15) is 0 Å². The molecule has 1 aliphatic carbocycles. The lowest BCUT2D eigenvalue weighted by atomic mass is 9.64. The Morgan fingerprint density at radius 3 is 2.86 bits per heavy atom. The van der Waals surface area contributed by atoms with Gasteiger partial charge in [-0.15, -0.1) is 0 Å². The van der Waals surface area contributed by atoms with Gasteiger partial charge in [-0.25, -0.2) is 4.79 Å². The number of unbranched alkanes of at least 4 members (excludes halogenated alkanes) is 1. The van der Waals surface area contributed by atoms with Crippen LogP contribution < -0.4 is 5.32 Å². The van der Waals surface area contributed by atoms with Crippen LogP contribution in [0.5, 0.6) is 0 Å². The first kappa shape index (κ1) is 15.5. The second-order valence-corrected chi connectivity index (χ2v) is 6.96. The van der Waals surface area contributed by atoms with Crippen LogP contribution in [0.4, 0.5) is 0 Å². The first-order chi connectivity index (χ1) is 10.5. The van der Waals surface area contributed by atoms with Gasteiger partial charge in [-0.3, -0.25) is 4.79 Å². The van der Waals surface area contributed by atoms with Gasteiger partial charge >= 0.3 is 5.97 Å². The summed E-state index contributed by atoms with van der Waals surface area (Å²) in [4.78, 5) is 24.7. The maximum atomic E-state index is 12.4. The van der Waals surface area contributed by atoms with Gasteiger partial charge in [-0.1, -0.05) is 31.9 Å². The molecule has 3 aliphatic rings. The van der Waals surface area contributed by atoms with Crippen LogP contribution in [0, 0.1) is 11.8 Å². The third kappa shape index (κ3) is 1.87. The topological polar surface area (TPSA) is 75.6 Å². The summed E-state index contributed by atoms with van der Waals surface area (Å²) >= 11 is 0. The second kappa shape index (κ2) is 5.37. The van der Waals surface area contributed by atoms with Gasteiger partial charge in [0, 0.05) is 5.92 Å². The van der Waals surface area contributed by atoms with Crippen LogP contribution in [-0.4, -0.2) is 34.2 Å². The number of aliphatic hydroxyl groups is 1. The normalized spacial score (nSPS) is 41.4. The molecule has 2 heterocycles. The molecule has 2 fully saturated rings. The van der Waals surface area contributed by atoms with Gasteiger partial charge in [0.25, 0.3) is 0 Å². The van der Waals surface area contributed by atoms with Crippen molar-refractivity contribution in [3.63, 3.8) is 0 Å². The molecule has 1 amide bonds. The van der Waals surface area contributed by atoms with Crippen LogP contribution in [0.1, 0.15) is 52.4 Å². The fourth-order valence-electron chi connectivity index (χ4n) is 4.29. The van der Waals surface area contributed by atoms with E-state index in [4.69, 9.17) is 4.74 Å². The zero-order valence-corrected chi connectivity index (χ0v) is 13.3. The van der Waals surface area contributed by atoms with Crippen molar-refractivity contribution >= 4 is 11.9 Å². The number of amides is 1. The van der Waals surface area contributed by atoms with E-state index in [1.54, 1.807) is 6.92 Å². The summed E-state index contributed by atoms with van der Waals surface area (Å²) in [7, 11) is 0. The minimum atomic E-state index is -1.27. The van der Waals surface area contributed by atoms with Crippen LogP contribution in [0.15, 0.2) is 12.2 Å². The zero-order valence-electron chi connectivity index (χ0n) is 13.3. The standard InChI is InChI=1S/C17H25NO4/c1-3-4-10-12-14(20)18-17(15(21)22-16(12,17)2)13(19)11-8-6-5-7-9-11/h6,8,11-13,19H,3-5,7,9-10H2,1-2H3,(H,18,20)/t11-,12+,13+,16+,17+/m1/s1. The number of hydrogen-bond donors (Lipinski definition) is 2. The molecule has 5 heteroatoms. The van der Waals surface area contributed by atoms with E-state index in [1.165, 1.54) is 0 Å². The Labute approximate surface area is 131 Å². The van der Waals surface area contributed by atoms with E-state index < -0.39 is 23.2 Å². The quantitative estimate of drug-likeness (QED) is 0.599. The van der Waals surface area contributed by atoms with Crippen molar-refractivity contribution in [1.82, 2.24) is 5.32 Å². The maximum absolute atomic E-state index is 12.4. The SMILES string of the molecule is CCCC[C@H]1C(=O)N[C@@]2([C@@H](O)[C@@H]3C=CCCC3)C(=O)O[C@@]12C. The van der Waals surface area contributed by atoms with Gasteiger partial charge in [-0.05, 0) is 32.6 Å². The molecule has 5 atom stereocenters. The van der Waals surface area contributed by atoms with Crippen LogP contribution in [0.2, 0.25) is 0 Å². The van der Waals surface area contributed by atoms with Crippen molar-refractivity contribution in [2.24, 2.45) is 11.8 Å². The van der Waals surface area contributed by atoms with Crippen LogP contribution in [-0.2, 0) is 14.3 Å². The Hall–Kier alpha value is -1.36. The van der Waals surface area contributed by atoms with Crippen molar-refractivity contribution < 1.29 is 19.4 Å². The van der Waals surface area contributed by atoms with E-state index in [0.717, 1.165) is 32.1 Å². The Morgan fingerprint density at radius 2 is 2.27 bits per heavy atom. The van der Waals surface area contributed by atoms with Crippen molar-refractivity contribution in [3.05, 3.63) is 12.2 Å². The first-order valence-corrected chi connectivity index (χ1v) is 8.37. The van der Waals surface area contributed by atoms with Crippen molar-refractivity contribution in [1.29, 1.82) is 0 Å². The highest BCUT2D eigenvalue weighted by molar-refractivity contribution is 6.01. The fraction of sp³-hybridized carbons (Fsp3) is 0.765. The molecule has 2 N–H and O–H groups in total. The monoisotopic (exact) mass is 307 g/mol. The number of hydrogen-bond acceptors (Lipinski definition) is 4. The predicted molar refractivity (Wildman–Crippen MR) is 80.9 cm³/mol. The van der Waals surface area contributed by atoms with E-state index >= 15 is 0 Å². The zero-order chi connectivity index (χ0) is 16.0. The highest BCUT2D eigenvalue weighted by atomic mass is 16.6. The molecule has 0 aromatic heterocycles. The molecule has 5 nitrogen and oxygen atoms in total. The molecule has 0 unspecified atom stereocenters. The summed E-state index contributed by atoms with van der Waals surface area (Å²) in [6, 6.07) is 0. The molecule has 0 radical (unpaired) electrons. The third-order valence-electron chi connectivity index (χ3n) is 5.70. The van der Waals surface area contributed by atoms with Crippen LogP contribution in [0.25, 0.3) is 0 Å². The molecule has 0 aromatic carbocycles. The Balaban J connectivity index is 1.90. The minimum Gasteiger partial charge on any atom is -0.453 e. The average Bonchev–Trinajstić information content (AvgIpc) is 2.69. The number of allylic oxidation sites excluding steroid dienone is 1. The summed E-state index contributed by atoms with van der Waals surface area (Å²) < 4.78 is 5.44. The molecule has 2 aliphatic heterocycles. The fourth-order valence-corrected chi connectivity index (χ4v) is 4.29. The largest absolute Gasteiger partial charge is 0.453 e. The molecule has 0 aromatic rings. The van der Waals surface area contributed by atoms with Gasteiger partial charge in [0.15, 0.2) is 5.60 Å². The lowest BCUT2D eigenvalue weighted by Crippen LogP contribution is -2.80. The first-order valence-electron chi connectivity index (χ1n) is 8.37. The van der Waals surface area contributed by atoms with Crippen molar-refractivity contribution in [2.75, 3.05) is 0 Å². The van der Waals surface area contributed by atoms with E-state index in [-0.39, 0.29) is 17.7 Å². The lowest BCUT2D eigenvalue weighted by Gasteiger charge is -2.54. The Kier molecular flexibility index (Phi) is 3.79. The average molecular weight is 307 g/mol. The summed E-state index contributed by atoms with van der Waals surface area (Å²) in [5, 5.41) is 13.7. The van der Waals surface area contributed by atoms with E-state index in [9.17, 15) is 14.7 Å². The van der Waals surface area contributed by atoms with Gasteiger partial charge in [0.05, 0.1) is 12.0 Å². The number of carbonyl (C=O) groups is 2. The number of ether oxygens (including phenoxy) is 1. The number of nitrogens with one attached hydrogen (secondary N) is 1. The van der Waals surface area contributed by atoms with Crippen molar-refractivity contribution in [2.45, 2.75) is 69.6 Å². The Morgan fingerprint density at radius 1 is 1.50 bits per heavy atom. The van der Waals surface area contributed by atoms with E-state index in [2.05, 4.69) is 12.2 Å². The number of carbonyl (C=O) groups excluding carboxylic acids is 2. The predicted octanol–water partition coefficient (Wildman–Crippen LogP) is 1.69. The highest BCUT2D eigenvalue weighted by Gasteiger charge is 2.79. The second-order valence-electron chi connectivity index (χ2n) is 6.96. The van der Waals surface area contributed by atoms with Crippen molar-refractivity contribution in [3.8, 4) is 0 Å². The Bertz CT molecular complexity index is 517. The van der Waals surface area contributed by atoms with Crippen LogP contribution >= 0.6 is 0 Å². The van der Waals surface area contributed by atoms with Gasteiger partial charge in [0.2, 0.25) is 11.4 Å². The molecule has 3 rings (SSSR count). The molecule has 22 heavy (non-hydrogen) atoms. The number of esters is 1. The number of aliphatic hydroxyl groups excluding tert-OH is 1. The molecular weight excluding hydrogens is 282 g/mol. The van der Waals surface area contributed by atoms with E-state index in [1.807, 2.05) is 12.2 Å². The number of fused-ring (bicyclic) bond motifs is 1.